The first-order valence-corrected chi connectivity index (χ1v) is 5.76. The van der Waals surface area contributed by atoms with Gasteiger partial charge in [-0.25, -0.2) is 0 Å². The van der Waals surface area contributed by atoms with Crippen LogP contribution in [0.25, 0.3) is 0 Å². The molecule has 1 aliphatic heterocycles. The van der Waals surface area contributed by atoms with Crippen molar-refractivity contribution in [3.8, 4) is 0 Å². The minimum absolute atomic E-state index is 0.205. The van der Waals surface area contributed by atoms with Gasteiger partial charge in [0.15, 0.2) is 0 Å². The molecule has 1 aliphatic carbocycles. The molecule has 80 valence electrons. The van der Waals surface area contributed by atoms with Crippen LogP contribution in [0.15, 0.2) is 0 Å². The standard InChI is InChI=1S/C12H21NO/c1-5-9-12(7-6-11(12,3)4)8(2)10(14)13-9/h8-9H,5-7H2,1-4H3,(H,13,14). The van der Waals surface area contributed by atoms with Gasteiger partial charge in [0.2, 0.25) is 5.91 Å². The Hall–Kier alpha value is -0.530. The maximum Gasteiger partial charge on any atom is 0.223 e. The quantitative estimate of drug-likeness (QED) is 0.683. The highest BCUT2D eigenvalue weighted by molar-refractivity contribution is 5.83. The van der Waals surface area contributed by atoms with Crippen molar-refractivity contribution in [1.29, 1.82) is 0 Å². The van der Waals surface area contributed by atoms with Crippen molar-refractivity contribution in [3.63, 3.8) is 0 Å². The summed E-state index contributed by atoms with van der Waals surface area (Å²) in [5, 5.41) is 3.16. The number of amides is 1. The summed E-state index contributed by atoms with van der Waals surface area (Å²) in [5.41, 5.74) is 0.588. The Morgan fingerprint density at radius 3 is 2.36 bits per heavy atom. The van der Waals surface area contributed by atoms with E-state index in [2.05, 4.69) is 33.0 Å². The Morgan fingerprint density at radius 2 is 2.07 bits per heavy atom. The fraction of sp³-hybridized carbons (Fsp3) is 0.917. The number of carbonyl (C=O) groups is 1. The highest BCUT2D eigenvalue weighted by Gasteiger charge is 2.64. The lowest BCUT2D eigenvalue weighted by Crippen LogP contribution is -2.56. The molecule has 2 nitrogen and oxygen atoms in total. The van der Waals surface area contributed by atoms with Crippen LogP contribution < -0.4 is 5.32 Å². The zero-order valence-corrected chi connectivity index (χ0v) is 9.68. The minimum atomic E-state index is 0.205. The average Bonchev–Trinajstić information content (AvgIpc) is 2.40. The third kappa shape index (κ3) is 0.896. The van der Waals surface area contributed by atoms with Crippen LogP contribution in [0.4, 0.5) is 0 Å². The van der Waals surface area contributed by atoms with Gasteiger partial charge in [-0.3, -0.25) is 4.79 Å². The van der Waals surface area contributed by atoms with Crippen LogP contribution in [-0.4, -0.2) is 11.9 Å². The molecule has 2 rings (SSSR count). The Morgan fingerprint density at radius 1 is 1.43 bits per heavy atom. The van der Waals surface area contributed by atoms with Crippen molar-refractivity contribution in [1.82, 2.24) is 5.32 Å². The van der Waals surface area contributed by atoms with Crippen LogP contribution in [0, 0.1) is 16.7 Å². The predicted octanol–water partition coefficient (Wildman–Crippen LogP) is 2.34. The molecule has 1 spiro atoms. The van der Waals surface area contributed by atoms with Crippen molar-refractivity contribution in [2.45, 2.75) is 53.0 Å². The van der Waals surface area contributed by atoms with E-state index >= 15 is 0 Å². The lowest BCUT2D eigenvalue weighted by Gasteiger charge is -2.59. The molecule has 3 unspecified atom stereocenters. The number of carbonyl (C=O) groups excluding carboxylic acids is 1. The zero-order valence-electron chi connectivity index (χ0n) is 9.68. The molecule has 1 amide bonds. The summed E-state index contributed by atoms with van der Waals surface area (Å²) in [6.07, 6.45) is 3.56. The van der Waals surface area contributed by atoms with E-state index in [1.54, 1.807) is 0 Å². The van der Waals surface area contributed by atoms with Gasteiger partial charge >= 0.3 is 0 Å². The van der Waals surface area contributed by atoms with E-state index in [1.165, 1.54) is 12.8 Å². The van der Waals surface area contributed by atoms with Crippen molar-refractivity contribution < 1.29 is 4.79 Å². The predicted molar refractivity (Wildman–Crippen MR) is 56.8 cm³/mol. The zero-order chi connectivity index (χ0) is 10.6. The summed E-state index contributed by atoms with van der Waals surface area (Å²) < 4.78 is 0. The second-order valence-electron chi connectivity index (χ2n) is 5.62. The third-order valence-corrected chi connectivity index (χ3v) is 4.94. The normalized spacial score (nSPS) is 45.0. The maximum atomic E-state index is 11.7. The lowest BCUT2D eigenvalue weighted by atomic mass is 9.45. The number of hydrogen-bond acceptors (Lipinski definition) is 1. The van der Waals surface area contributed by atoms with Crippen LogP contribution in [0.2, 0.25) is 0 Å². The largest absolute Gasteiger partial charge is 0.353 e. The Kier molecular flexibility index (Phi) is 1.96. The number of nitrogens with one attached hydrogen (secondary N) is 1. The van der Waals surface area contributed by atoms with E-state index < -0.39 is 0 Å². The van der Waals surface area contributed by atoms with Gasteiger partial charge in [0.25, 0.3) is 0 Å². The van der Waals surface area contributed by atoms with Gasteiger partial charge in [-0.2, -0.15) is 0 Å². The molecule has 1 heterocycles. The van der Waals surface area contributed by atoms with Gasteiger partial charge in [-0.15, -0.1) is 0 Å². The summed E-state index contributed by atoms with van der Waals surface area (Å²) in [7, 11) is 0. The molecule has 3 atom stereocenters. The van der Waals surface area contributed by atoms with E-state index in [0.717, 1.165) is 6.42 Å². The Balaban J connectivity index is 2.36. The van der Waals surface area contributed by atoms with Gasteiger partial charge in [-0.1, -0.05) is 27.7 Å². The smallest absolute Gasteiger partial charge is 0.223 e. The molecule has 0 aromatic carbocycles. The molecular weight excluding hydrogens is 174 g/mol. The first-order chi connectivity index (χ1) is 6.45. The molecule has 0 aromatic rings. The maximum absolute atomic E-state index is 11.7. The molecule has 1 saturated carbocycles. The molecule has 0 bridgehead atoms. The van der Waals surface area contributed by atoms with E-state index in [-0.39, 0.29) is 17.2 Å². The molecular formula is C12H21NO. The summed E-state index contributed by atoms with van der Waals surface area (Å²) in [6, 6.07) is 0.411. The fourth-order valence-corrected chi connectivity index (χ4v) is 3.79. The summed E-state index contributed by atoms with van der Waals surface area (Å²) >= 11 is 0. The Bertz CT molecular complexity index is 271. The summed E-state index contributed by atoms with van der Waals surface area (Å²) in [5.74, 6) is 0.473. The lowest BCUT2D eigenvalue weighted by molar-refractivity contribution is -0.131. The first kappa shape index (κ1) is 10.0. The fourth-order valence-electron chi connectivity index (χ4n) is 3.79. The summed E-state index contributed by atoms with van der Waals surface area (Å²) in [4.78, 5) is 11.7. The SMILES string of the molecule is CCC1NC(=O)C(C)C12CCC2(C)C. The van der Waals surface area contributed by atoms with Gasteiger partial charge < -0.3 is 5.32 Å². The first-order valence-electron chi connectivity index (χ1n) is 5.76. The molecule has 2 aliphatic rings. The minimum Gasteiger partial charge on any atom is -0.353 e. The van der Waals surface area contributed by atoms with E-state index in [1.807, 2.05) is 0 Å². The molecule has 14 heavy (non-hydrogen) atoms. The number of hydrogen-bond donors (Lipinski definition) is 1. The molecule has 2 fully saturated rings. The van der Waals surface area contributed by atoms with Crippen molar-refractivity contribution >= 4 is 5.91 Å². The van der Waals surface area contributed by atoms with Gasteiger partial charge in [0.05, 0.1) is 0 Å². The molecule has 0 aromatic heterocycles. The second kappa shape index (κ2) is 2.74. The van der Waals surface area contributed by atoms with Crippen LogP contribution in [0.3, 0.4) is 0 Å². The van der Waals surface area contributed by atoms with Crippen LogP contribution in [-0.2, 0) is 4.79 Å². The topological polar surface area (TPSA) is 29.1 Å². The summed E-state index contributed by atoms with van der Waals surface area (Å²) in [6.45, 7) is 8.91. The van der Waals surface area contributed by atoms with Crippen molar-refractivity contribution in [2.75, 3.05) is 0 Å². The highest BCUT2D eigenvalue weighted by Crippen LogP contribution is 2.64. The van der Waals surface area contributed by atoms with Crippen molar-refractivity contribution in [2.24, 2.45) is 16.7 Å². The van der Waals surface area contributed by atoms with Gasteiger partial charge in [0, 0.05) is 17.4 Å². The monoisotopic (exact) mass is 195 g/mol. The Labute approximate surface area is 86.5 Å². The van der Waals surface area contributed by atoms with E-state index in [9.17, 15) is 4.79 Å². The molecule has 1 N–H and O–H groups in total. The van der Waals surface area contributed by atoms with Crippen LogP contribution >= 0.6 is 0 Å². The number of rotatable bonds is 1. The third-order valence-electron chi connectivity index (χ3n) is 4.94. The van der Waals surface area contributed by atoms with Gasteiger partial charge in [0.1, 0.15) is 0 Å². The van der Waals surface area contributed by atoms with E-state index in [4.69, 9.17) is 0 Å². The van der Waals surface area contributed by atoms with Crippen molar-refractivity contribution in [3.05, 3.63) is 0 Å². The average molecular weight is 195 g/mol. The molecule has 1 saturated heterocycles. The van der Waals surface area contributed by atoms with Crippen LogP contribution in [0.5, 0.6) is 0 Å². The van der Waals surface area contributed by atoms with E-state index in [0.29, 0.717) is 11.5 Å². The van der Waals surface area contributed by atoms with Gasteiger partial charge in [-0.05, 0) is 24.7 Å². The molecule has 2 heteroatoms. The van der Waals surface area contributed by atoms with Crippen LogP contribution in [0.1, 0.15) is 47.0 Å². The molecule has 0 radical (unpaired) electrons. The highest BCUT2D eigenvalue weighted by atomic mass is 16.2. The second-order valence-corrected chi connectivity index (χ2v) is 5.62.